The maximum atomic E-state index is 10.9. The number of ether oxygens (including phenoxy) is 6. The van der Waals surface area contributed by atoms with Crippen LogP contribution in [0, 0.1) is 52.3 Å². The Balaban J connectivity index is 0.886. The van der Waals surface area contributed by atoms with Crippen molar-refractivity contribution in [3.63, 3.8) is 0 Å². The fourth-order valence-electron chi connectivity index (χ4n) is 13.1. The molecule has 52 heavy (non-hydrogen) atoms. The molecule has 0 unspecified atom stereocenters. The van der Waals surface area contributed by atoms with Crippen molar-refractivity contribution < 1.29 is 64.2 Å². The summed E-state index contributed by atoms with van der Waals surface area (Å²) in [6.07, 6.45) is -3.38. The van der Waals surface area contributed by atoms with E-state index in [0.29, 0.717) is 41.4 Å². The van der Waals surface area contributed by atoms with Gasteiger partial charge >= 0.3 is 0 Å². The van der Waals surface area contributed by atoms with E-state index in [1.165, 1.54) is 25.7 Å². The molecule has 298 valence electrons. The van der Waals surface area contributed by atoms with Crippen LogP contribution in [0.1, 0.15) is 91.9 Å². The predicted molar refractivity (Wildman–Crippen MR) is 183 cm³/mol. The van der Waals surface area contributed by atoms with Crippen LogP contribution in [0.5, 0.6) is 0 Å². The summed E-state index contributed by atoms with van der Waals surface area (Å²) in [7, 11) is 0. The van der Waals surface area contributed by atoms with Gasteiger partial charge in [-0.2, -0.15) is 0 Å². The second-order valence-corrected chi connectivity index (χ2v) is 18.8. The van der Waals surface area contributed by atoms with E-state index >= 15 is 0 Å². The van der Waals surface area contributed by atoms with Gasteiger partial charge in [0.05, 0.1) is 32.0 Å². The Kier molecular flexibility index (Phi) is 10.4. The maximum absolute atomic E-state index is 10.9. The summed E-state index contributed by atoms with van der Waals surface area (Å²) in [5.41, 5.74) is 0.468. The van der Waals surface area contributed by atoms with Crippen LogP contribution in [-0.2, 0) is 28.4 Å². The summed E-state index contributed by atoms with van der Waals surface area (Å²) in [6, 6.07) is 0. The van der Waals surface area contributed by atoms with E-state index in [1.807, 2.05) is 0 Å². The number of rotatable bonds is 6. The lowest BCUT2D eigenvalue weighted by molar-refractivity contribution is -0.338. The number of hydrogen-bond acceptors (Lipinski definition) is 13. The van der Waals surface area contributed by atoms with Gasteiger partial charge in [-0.15, -0.1) is 0 Å². The lowest BCUT2D eigenvalue weighted by atomic mass is 9.44. The summed E-state index contributed by atoms with van der Waals surface area (Å²) in [4.78, 5) is 0. The Morgan fingerprint density at radius 2 is 1.38 bits per heavy atom. The molecule has 4 aliphatic heterocycles. The van der Waals surface area contributed by atoms with Crippen molar-refractivity contribution in [3.8, 4) is 0 Å². The minimum absolute atomic E-state index is 0.188. The zero-order chi connectivity index (χ0) is 36.9. The van der Waals surface area contributed by atoms with E-state index < -0.39 is 73.8 Å². The fraction of sp³-hybridized carbons (Fsp3) is 1.00. The third kappa shape index (κ3) is 6.06. The standard InChI is InChI=1S/C39H64O13/c1-18-7-12-39(48-16-18)19(2)28-25(52-39)14-24-22-6-5-20-13-21(8-10-37(20,3)23(22)9-11-38(24,28)4)49-36-34(46)32(44)30(42)27(51-36)17-47-35-33(45)31(43)29(41)26(15-40)50-35/h18-36,40-46H,5-17H2,1-4H3/t18-,19-,20+,21+,22+,23-,24-,25-,26-,27+,28-,29-,30+,31-,32-,33+,34+,35-,36+,37-,38-,39+/m1/s1. The van der Waals surface area contributed by atoms with Crippen LogP contribution in [0.25, 0.3) is 0 Å². The Morgan fingerprint density at radius 1 is 0.692 bits per heavy atom. The highest BCUT2D eigenvalue weighted by Gasteiger charge is 2.69. The van der Waals surface area contributed by atoms with E-state index in [1.54, 1.807) is 0 Å². The van der Waals surface area contributed by atoms with Crippen molar-refractivity contribution in [2.45, 2.75) is 171 Å². The third-order valence-electron chi connectivity index (χ3n) is 16.2. The fourth-order valence-corrected chi connectivity index (χ4v) is 13.1. The number of fused-ring (bicyclic) bond motifs is 7. The topological polar surface area (TPSA) is 197 Å². The van der Waals surface area contributed by atoms with Crippen LogP contribution >= 0.6 is 0 Å². The molecule has 13 heteroatoms. The molecule has 0 amide bonds. The van der Waals surface area contributed by atoms with Gasteiger partial charge in [0.15, 0.2) is 18.4 Å². The molecule has 0 aromatic rings. The molecule has 4 heterocycles. The second-order valence-electron chi connectivity index (χ2n) is 18.8. The number of aliphatic hydroxyl groups is 7. The van der Waals surface area contributed by atoms with E-state index in [9.17, 15) is 35.7 Å². The van der Waals surface area contributed by atoms with Crippen LogP contribution in [0.15, 0.2) is 0 Å². The van der Waals surface area contributed by atoms with Gasteiger partial charge in [0, 0.05) is 12.3 Å². The Labute approximate surface area is 307 Å². The Morgan fingerprint density at radius 3 is 2.10 bits per heavy atom. The summed E-state index contributed by atoms with van der Waals surface area (Å²) in [6.45, 7) is 9.58. The largest absolute Gasteiger partial charge is 0.394 e. The van der Waals surface area contributed by atoms with Gasteiger partial charge in [0.2, 0.25) is 0 Å². The first kappa shape index (κ1) is 38.4. The zero-order valence-corrected chi connectivity index (χ0v) is 31.2. The van der Waals surface area contributed by atoms with Gasteiger partial charge in [-0.25, -0.2) is 0 Å². The van der Waals surface area contributed by atoms with E-state index in [2.05, 4.69) is 27.7 Å². The molecule has 8 aliphatic rings. The molecule has 4 aliphatic carbocycles. The van der Waals surface area contributed by atoms with Crippen molar-refractivity contribution >= 4 is 0 Å². The smallest absolute Gasteiger partial charge is 0.186 e. The molecule has 0 radical (unpaired) electrons. The summed E-state index contributed by atoms with van der Waals surface area (Å²) >= 11 is 0. The summed E-state index contributed by atoms with van der Waals surface area (Å²) in [5.74, 6) is 3.63. The zero-order valence-electron chi connectivity index (χ0n) is 31.2. The van der Waals surface area contributed by atoms with Crippen LogP contribution in [0.3, 0.4) is 0 Å². The van der Waals surface area contributed by atoms with Crippen LogP contribution in [-0.4, -0.2) is 135 Å². The Bertz CT molecular complexity index is 1260. The molecular formula is C39H64O13. The molecule has 8 fully saturated rings. The minimum atomic E-state index is -1.62. The van der Waals surface area contributed by atoms with Gasteiger partial charge in [0.1, 0.15) is 48.8 Å². The normalized spacial score (nSPS) is 59.0. The molecule has 7 N–H and O–H groups in total. The molecule has 8 rings (SSSR count). The highest BCUT2D eigenvalue weighted by atomic mass is 16.7. The molecule has 0 bridgehead atoms. The van der Waals surface area contributed by atoms with Gasteiger partial charge in [-0.3, -0.25) is 0 Å². The third-order valence-corrected chi connectivity index (χ3v) is 16.2. The number of aliphatic hydroxyl groups excluding tert-OH is 7. The molecule has 1 spiro atoms. The quantitative estimate of drug-likeness (QED) is 0.194. The predicted octanol–water partition coefficient (Wildman–Crippen LogP) is 1.44. The average Bonchev–Trinajstić information content (AvgIpc) is 3.58. The Hall–Kier alpha value is -0.520. The van der Waals surface area contributed by atoms with E-state index in [0.717, 1.165) is 45.1 Å². The van der Waals surface area contributed by atoms with Crippen LogP contribution in [0.4, 0.5) is 0 Å². The van der Waals surface area contributed by atoms with Crippen molar-refractivity contribution in [2.75, 3.05) is 19.8 Å². The molecule has 13 nitrogen and oxygen atoms in total. The molecular weight excluding hydrogens is 676 g/mol. The van der Waals surface area contributed by atoms with Gasteiger partial charge in [-0.1, -0.05) is 27.7 Å². The minimum Gasteiger partial charge on any atom is -0.394 e. The van der Waals surface area contributed by atoms with E-state index in [-0.39, 0.29) is 29.6 Å². The lowest BCUT2D eigenvalue weighted by Gasteiger charge is -2.61. The highest BCUT2D eigenvalue weighted by Crippen LogP contribution is 2.71. The number of hydrogen-bond donors (Lipinski definition) is 7. The molecule has 4 saturated heterocycles. The first-order valence-corrected chi connectivity index (χ1v) is 20.3. The lowest BCUT2D eigenvalue weighted by Crippen LogP contribution is -2.62. The first-order valence-electron chi connectivity index (χ1n) is 20.3. The molecule has 0 aromatic carbocycles. The van der Waals surface area contributed by atoms with E-state index in [4.69, 9.17) is 28.4 Å². The van der Waals surface area contributed by atoms with Crippen LogP contribution < -0.4 is 0 Å². The highest BCUT2D eigenvalue weighted by molar-refractivity contribution is 5.15. The van der Waals surface area contributed by atoms with Gasteiger partial charge < -0.3 is 64.2 Å². The monoisotopic (exact) mass is 740 g/mol. The first-order chi connectivity index (χ1) is 24.7. The molecule has 4 saturated carbocycles. The molecule has 22 atom stereocenters. The molecule has 0 aromatic heterocycles. The van der Waals surface area contributed by atoms with Gasteiger partial charge in [0.25, 0.3) is 0 Å². The second kappa shape index (κ2) is 14.1. The van der Waals surface area contributed by atoms with Crippen LogP contribution in [0.2, 0.25) is 0 Å². The van der Waals surface area contributed by atoms with Crippen molar-refractivity contribution in [1.29, 1.82) is 0 Å². The maximum Gasteiger partial charge on any atom is 0.186 e. The average molecular weight is 741 g/mol. The SMILES string of the molecule is C[C@@H]1CC[C@]2(OC1)O[C@@H]1C[C@@H]3[C@H]4CC[C@H]5C[C@@H](O[C@H]6O[C@@H](CO[C@@H]7O[C@H](CO)[C@@H](O)[C@@H](O)[C@@H]7O)[C@H](O)[C@@H](O)[C@@H]6O)CC[C@@]5(C)[C@@H]4CC[C@@]3(C)[C@@H]1[C@H]2C. The summed E-state index contributed by atoms with van der Waals surface area (Å²) in [5, 5.41) is 72.4. The van der Waals surface area contributed by atoms with Crippen molar-refractivity contribution in [1.82, 2.24) is 0 Å². The summed E-state index contributed by atoms with van der Waals surface area (Å²) < 4.78 is 36.9. The van der Waals surface area contributed by atoms with Crippen molar-refractivity contribution in [2.24, 2.45) is 52.3 Å². The van der Waals surface area contributed by atoms with Gasteiger partial charge in [-0.05, 0) is 104 Å². The van der Waals surface area contributed by atoms with Crippen molar-refractivity contribution in [3.05, 3.63) is 0 Å².